The van der Waals surface area contributed by atoms with Crippen LogP contribution in [0.5, 0.6) is 5.75 Å². The standard InChI is InChI=1S/C22H22N4O/c1-15-11-12-17(27-3)14-20(15)24-21-22(26-13-7-6-8-16(26)2)25-19-10-5-4-9-18(19)23-21/h4-12,14H,13H2,1-3H3,(H,23,24). The Morgan fingerprint density at radius 2 is 1.81 bits per heavy atom. The summed E-state index contributed by atoms with van der Waals surface area (Å²) in [6, 6.07) is 13.9. The van der Waals surface area contributed by atoms with Gasteiger partial charge in [0.2, 0.25) is 0 Å². The zero-order valence-corrected chi connectivity index (χ0v) is 15.7. The van der Waals surface area contributed by atoms with Crippen molar-refractivity contribution in [2.45, 2.75) is 13.8 Å². The van der Waals surface area contributed by atoms with Crippen LogP contribution in [0, 0.1) is 6.92 Å². The van der Waals surface area contributed by atoms with E-state index in [4.69, 9.17) is 14.7 Å². The maximum Gasteiger partial charge on any atom is 0.177 e. The number of ether oxygens (including phenoxy) is 1. The summed E-state index contributed by atoms with van der Waals surface area (Å²) in [4.78, 5) is 11.9. The number of benzene rings is 2. The minimum absolute atomic E-state index is 0.730. The van der Waals surface area contributed by atoms with E-state index in [1.807, 2.05) is 42.5 Å². The van der Waals surface area contributed by atoms with Gasteiger partial charge in [-0.15, -0.1) is 0 Å². The number of hydrogen-bond acceptors (Lipinski definition) is 5. The van der Waals surface area contributed by atoms with Gasteiger partial charge in [-0.25, -0.2) is 9.97 Å². The number of hydrogen-bond donors (Lipinski definition) is 1. The van der Waals surface area contributed by atoms with Gasteiger partial charge in [0.1, 0.15) is 5.75 Å². The fraction of sp³-hybridized carbons (Fsp3) is 0.182. The smallest absolute Gasteiger partial charge is 0.177 e. The summed E-state index contributed by atoms with van der Waals surface area (Å²) in [5, 5.41) is 3.48. The van der Waals surface area contributed by atoms with Crippen molar-refractivity contribution < 1.29 is 4.74 Å². The van der Waals surface area contributed by atoms with E-state index < -0.39 is 0 Å². The molecule has 0 spiro atoms. The number of rotatable bonds is 4. The molecule has 0 radical (unpaired) electrons. The lowest BCUT2D eigenvalue weighted by Crippen LogP contribution is -2.25. The molecule has 0 fully saturated rings. The molecule has 1 aliphatic heterocycles. The van der Waals surface area contributed by atoms with E-state index in [9.17, 15) is 0 Å². The van der Waals surface area contributed by atoms with Gasteiger partial charge in [-0.3, -0.25) is 0 Å². The van der Waals surface area contributed by atoms with Crippen LogP contribution in [-0.2, 0) is 0 Å². The van der Waals surface area contributed by atoms with Crippen molar-refractivity contribution in [2.75, 3.05) is 23.9 Å². The topological polar surface area (TPSA) is 50.3 Å². The lowest BCUT2D eigenvalue weighted by atomic mass is 10.2. The summed E-state index contributed by atoms with van der Waals surface area (Å²) in [6.07, 6.45) is 6.27. The highest BCUT2D eigenvalue weighted by Crippen LogP contribution is 2.32. The lowest BCUT2D eigenvalue weighted by Gasteiger charge is -2.27. The van der Waals surface area contributed by atoms with Crippen LogP contribution in [0.1, 0.15) is 12.5 Å². The predicted molar refractivity (Wildman–Crippen MR) is 111 cm³/mol. The number of fused-ring (bicyclic) bond motifs is 1. The molecular weight excluding hydrogens is 336 g/mol. The second kappa shape index (κ2) is 7.11. The minimum Gasteiger partial charge on any atom is -0.497 e. The summed E-state index contributed by atoms with van der Waals surface area (Å²) in [5.41, 5.74) is 4.94. The molecule has 5 heteroatoms. The van der Waals surface area contributed by atoms with Gasteiger partial charge >= 0.3 is 0 Å². The number of aromatic nitrogens is 2. The highest BCUT2D eigenvalue weighted by molar-refractivity contribution is 5.83. The van der Waals surface area contributed by atoms with Crippen LogP contribution in [0.3, 0.4) is 0 Å². The SMILES string of the molecule is COc1ccc(C)c(Nc2nc3ccccc3nc2N2CC=CC=C2C)c1. The molecule has 2 aromatic carbocycles. The lowest BCUT2D eigenvalue weighted by molar-refractivity contribution is 0.415. The number of para-hydroxylation sites is 2. The zero-order chi connectivity index (χ0) is 18.8. The molecule has 0 unspecified atom stereocenters. The van der Waals surface area contributed by atoms with Gasteiger partial charge < -0.3 is 15.0 Å². The average Bonchev–Trinajstić information content (AvgIpc) is 2.69. The van der Waals surface area contributed by atoms with Crippen LogP contribution in [0.2, 0.25) is 0 Å². The third kappa shape index (κ3) is 3.36. The first-order valence-corrected chi connectivity index (χ1v) is 8.95. The molecule has 2 heterocycles. The Labute approximate surface area is 159 Å². The number of nitrogens with zero attached hydrogens (tertiary/aromatic N) is 3. The highest BCUT2D eigenvalue weighted by Gasteiger charge is 2.18. The predicted octanol–water partition coefficient (Wildman–Crippen LogP) is 4.97. The fourth-order valence-corrected chi connectivity index (χ4v) is 3.11. The summed E-state index contributed by atoms with van der Waals surface area (Å²) < 4.78 is 5.38. The Morgan fingerprint density at radius 3 is 2.56 bits per heavy atom. The number of aryl methyl sites for hydroxylation is 1. The maximum absolute atomic E-state index is 5.38. The van der Waals surface area contributed by atoms with E-state index in [0.29, 0.717) is 0 Å². The highest BCUT2D eigenvalue weighted by atomic mass is 16.5. The third-order valence-corrected chi connectivity index (χ3v) is 4.69. The summed E-state index contributed by atoms with van der Waals surface area (Å²) in [5.74, 6) is 2.34. The van der Waals surface area contributed by atoms with Crippen molar-refractivity contribution in [1.29, 1.82) is 0 Å². The second-order valence-electron chi connectivity index (χ2n) is 6.54. The first-order valence-electron chi connectivity index (χ1n) is 8.95. The molecule has 4 rings (SSSR count). The molecule has 5 nitrogen and oxygen atoms in total. The average molecular weight is 358 g/mol. The monoisotopic (exact) mass is 358 g/mol. The van der Waals surface area contributed by atoms with Gasteiger partial charge in [0, 0.05) is 24.0 Å². The maximum atomic E-state index is 5.38. The molecule has 0 aliphatic carbocycles. The number of allylic oxidation sites excluding steroid dienone is 3. The molecular formula is C22H22N4O. The summed E-state index contributed by atoms with van der Waals surface area (Å²) >= 11 is 0. The Balaban J connectivity index is 1.84. The van der Waals surface area contributed by atoms with Crippen molar-refractivity contribution in [3.8, 4) is 5.75 Å². The molecule has 27 heavy (non-hydrogen) atoms. The normalized spacial score (nSPS) is 13.6. The molecule has 0 atom stereocenters. The first-order chi connectivity index (χ1) is 13.2. The largest absolute Gasteiger partial charge is 0.497 e. The Morgan fingerprint density at radius 1 is 1.04 bits per heavy atom. The summed E-state index contributed by atoms with van der Waals surface area (Å²) in [6.45, 7) is 4.91. The summed E-state index contributed by atoms with van der Waals surface area (Å²) in [7, 11) is 1.67. The van der Waals surface area contributed by atoms with E-state index in [1.54, 1.807) is 7.11 Å². The molecule has 0 bridgehead atoms. The van der Waals surface area contributed by atoms with Crippen LogP contribution in [0.4, 0.5) is 17.3 Å². The van der Waals surface area contributed by atoms with Gasteiger partial charge in [-0.1, -0.05) is 30.4 Å². The second-order valence-corrected chi connectivity index (χ2v) is 6.54. The third-order valence-electron chi connectivity index (χ3n) is 4.69. The van der Waals surface area contributed by atoms with Crippen LogP contribution in [-0.4, -0.2) is 23.6 Å². The number of methoxy groups -OCH3 is 1. The van der Waals surface area contributed by atoms with Crippen LogP contribution >= 0.6 is 0 Å². The van der Waals surface area contributed by atoms with Gasteiger partial charge in [0.05, 0.1) is 18.1 Å². The van der Waals surface area contributed by atoms with E-state index in [2.05, 4.69) is 42.3 Å². The molecule has 0 saturated carbocycles. The first kappa shape index (κ1) is 17.1. The van der Waals surface area contributed by atoms with Crippen molar-refractivity contribution in [3.63, 3.8) is 0 Å². The fourth-order valence-electron chi connectivity index (χ4n) is 3.11. The Hall–Kier alpha value is -3.34. The van der Waals surface area contributed by atoms with Gasteiger partial charge in [0.25, 0.3) is 0 Å². The number of nitrogens with one attached hydrogen (secondary N) is 1. The van der Waals surface area contributed by atoms with Crippen molar-refractivity contribution in [3.05, 3.63) is 72.0 Å². The molecule has 0 saturated heterocycles. The van der Waals surface area contributed by atoms with E-state index in [1.165, 1.54) is 0 Å². The van der Waals surface area contributed by atoms with Crippen LogP contribution in [0.25, 0.3) is 11.0 Å². The molecule has 1 N–H and O–H groups in total. The van der Waals surface area contributed by atoms with E-state index in [-0.39, 0.29) is 0 Å². The van der Waals surface area contributed by atoms with Crippen LogP contribution in [0.15, 0.2) is 66.4 Å². The molecule has 3 aromatic rings. The minimum atomic E-state index is 0.730. The van der Waals surface area contributed by atoms with Crippen molar-refractivity contribution >= 4 is 28.4 Å². The van der Waals surface area contributed by atoms with Crippen molar-refractivity contribution in [1.82, 2.24) is 9.97 Å². The zero-order valence-electron chi connectivity index (χ0n) is 15.7. The van der Waals surface area contributed by atoms with Gasteiger partial charge in [-0.2, -0.15) is 0 Å². The van der Waals surface area contributed by atoms with Gasteiger partial charge in [-0.05, 0) is 43.7 Å². The molecule has 0 amide bonds. The van der Waals surface area contributed by atoms with Gasteiger partial charge in [0.15, 0.2) is 11.6 Å². The Bertz CT molecular complexity index is 1060. The van der Waals surface area contributed by atoms with Crippen molar-refractivity contribution in [2.24, 2.45) is 0 Å². The quantitative estimate of drug-likeness (QED) is 0.713. The van der Waals surface area contributed by atoms with E-state index >= 15 is 0 Å². The Kier molecular flexibility index (Phi) is 4.50. The van der Waals surface area contributed by atoms with E-state index in [0.717, 1.165) is 51.9 Å². The molecule has 1 aromatic heterocycles. The van der Waals surface area contributed by atoms with Crippen LogP contribution < -0.4 is 15.0 Å². The molecule has 1 aliphatic rings. The number of anilines is 3. The molecule has 136 valence electrons.